The maximum atomic E-state index is 11.8. The largest absolute Gasteiger partial charge is 0.466 e. The molecule has 1 aliphatic heterocycles. The van der Waals surface area contributed by atoms with Gasteiger partial charge in [-0.05, 0) is 41.5 Å². The van der Waals surface area contributed by atoms with Crippen LogP contribution in [-0.4, -0.2) is 30.1 Å². The summed E-state index contributed by atoms with van der Waals surface area (Å²) in [7, 11) is 0. The first-order valence-electron chi connectivity index (χ1n) is 6.41. The Morgan fingerprint density at radius 1 is 1.39 bits per heavy atom. The third-order valence-corrected chi connectivity index (χ3v) is 3.07. The average Bonchev–Trinajstić information content (AvgIpc) is 2.34. The molecule has 0 N–H and O–H groups in total. The second kappa shape index (κ2) is 5.55. The maximum Gasteiger partial charge on any atom is 0.314 e. The second-order valence-corrected chi connectivity index (χ2v) is 5.55. The lowest BCUT2D eigenvalue weighted by Gasteiger charge is -2.32. The molecule has 18 heavy (non-hydrogen) atoms. The number of hydrogen-bond acceptors (Lipinski definition) is 5. The van der Waals surface area contributed by atoms with Gasteiger partial charge in [0.1, 0.15) is 11.5 Å². The van der Waals surface area contributed by atoms with Crippen molar-refractivity contribution in [1.82, 2.24) is 0 Å². The molecule has 0 amide bonds. The molecule has 0 aliphatic carbocycles. The lowest BCUT2D eigenvalue weighted by molar-refractivity contribution is -0.450. The number of carbonyl (C=O) groups excluding carboxylic acids is 1. The van der Waals surface area contributed by atoms with Crippen LogP contribution < -0.4 is 0 Å². The molecule has 0 saturated carbocycles. The van der Waals surface area contributed by atoms with Gasteiger partial charge in [-0.2, -0.15) is 4.89 Å². The minimum absolute atomic E-state index is 0.0654. The summed E-state index contributed by atoms with van der Waals surface area (Å²) in [6.45, 7) is 11.3. The molecular formula is C13H24O5. The standard InChI is InChI=1S/C13H24O5/c1-7-15-11(14)10(3)13(6)16-9(2)8-12(4,5)17-18-13/h9-10H,7-8H2,1-6H3. The van der Waals surface area contributed by atoms with E-state index in [1.807, 2.05) is 20.8 Å². The third kappa shape index (κ3) is 3.67. The summed E-state index contributed by atoms with van der Waals surface area (Å²) < 4.78 is 10.8. The van der Waals surface area contributed by atoms with Gasteiger partial charge in [-0.3, -0.25) is 4.79 Å². The predicted molar refractivity (Wildman–Crippen MR) is 65.6 cm³/mol. The third-order valence-electron chi connectivity index (χ3n) is 3.07. The van der Waals surface area contributed by atoms with E-state index in [0.29, 0.717) is 13.0 Å². The van der Waals surface area contributed by atoms with Crippen molar-refractivity contribution < 1.29 is 24.0 Å². The zero-order valence-corrected chi connectivity index (χ0v) is 12.1. The molecule has 106 valence electrons. The van der Waals surface area contributed by atoms with Crippen LogP contribution in [0.25, 0.3) is 0 Å². The molecule has 1 aliphatic rings. The molecule has 1 rings (SSSR count). The number of rotatable bonds is 3. The van der Waals surface area contributed by atoms with Gasteiger partial charge in [-0.15, -0.1) is 0 Å². The van der Waals surface area contributed by atoms with Crippen LogP contribution in [0.4, 0.5) is 0 Å². The smallest absolute Gasteiger partial charge is 0.314 e. The van der Waals surface area contributed by atoms with Crippen molar-refractivity contribution in [2.45, 2.75) is 65.5 Å². The molecule has 3 atom stereocenters. The van der Waals surface area contributed by atoms with E-state index in [1.165, 1.54) is 0 Å². The normalized spacial score (nSPS) is 33.6. The van der Waals surface area contributed by atoms with Crippen molar-refractivity contribution in [2.75, 3.05) is 6.61 Å². The fourth-order valence-electron chi connectivity index (χ4n) is 2.04. The quantitative estimate of drug-likeness (QED) is 0.576. The van der Waals surface area contributed by atoms with E-state index in [0.717, 1.165) is 0 Å². The summed E-state index contributed by atoms with van der Waals surface area (Å²) >= 11 is 0. The Morgan fingerprint density at radius 2 is 2.00 bits per heavy atom. The van der Waals surface area contributed by atoms with Gasteiger partial charge >= 0.3 is 5.97 Å². The first-order chi connectivity index (χ1) is 8.20. The van der Waals surface area contributed by atoms with Gasteiger partial charge in [0.25, 0.3) is 0 Å². The summed E-state index contributed by atoms with van der Waals surface area (Å²) in [6.07, 6.45) is 0.627. The zero-order chi connectivity index (χ0) is 14.0. The van der Waals surface area contributed by atoms with E-state index in [-0.39, 0.29) is 12.1 Å². The maximum absolute atomic E-state index is 11.8. The summed E-state index contributed by atoms with van der Waals surface area (Å²) in [6, 6.07) is 0. The molecule has 0 spiro atoms. The Labute approximate surface area is 109 Å². The van der Waals surface area contributed by atoms with E-state index >= 15 is 0 Å². The van der Waals surface area contributed by atoms with E-state index in [9.17, 15) is 4.79 Å². The SMILES string of the molecule is CCOC(=O)C(C)C1(C)OOC(C)(C)CC(C)O1. The second-order valence-electron chi connectivity index (χ2n) is 5.55. The van der Waals surface area contributed by atoms with Crippen molar-refractivity contribution in [3.8, 4) is 0 Å². The number of hydrogen-bond donors (Lipinski definition) is 0. The van der Waals surface area contributed by atoms with Gasteiger partial charge in [0.2, 0.25) is 5.79 Å². The van der Waals surface area contributed by atoms with Crippen LogP contribution in [-0.2, 0) is 24.0 Å². The Morgan fingerprint density at radius 3 is 2.56 bits per heavy atom. The van der Waals surface area contributed by atoms with Gasteiger partial charge in [0.05, 0.1) is 12.7 Å². The molecule has 0 aromatic heterocycles. The molecule has 0 aromatic carbocycles. The molecule has 3 unspecified atom stereocenters. The number of carbonyl (C=O) groups is 1. The van der Waals surface area contributed by atoms with Gasteiger partial charge in [-0.1, -0.05) is 0 Å². The average molecular weight is 260 g/mol. The topological polar surface area (TPSA) is 54.0 Å². The highest BCUT2D eigenvalue weighted by Gasteiger charge is 2.46. The molecule has 5 nitrogen and oxygen atoms in total. The Kier molecular flexibility index (Phi) is 4.75. The molecule has 0 radical (unpaired) electrons. The molecule has 5 heteroatoms. The number of esters is 1. The summed E-state index contributed by atoms with van der Waals surface area (Å²) in [5, 5.41) is 0. The van der Waals surface area contributed by atoms with E-state index < -0.39 is 17.3 Å². The molecule has 0 aromatic rings. The van der Waals surface area contributed by atoms with Crippen molar-refractivity contribution in [1.29, 1.82) is 0 Å². The van der Waals surface area contributed by atoms with E-state index in [4.69, 9.17) is 19.2 Å². The fraction of sp³-hybridized carbons (Fsp3) is 0.923. The Balaban J connectivity index is 2.81. The first kappa shape index (κ1) is 15.4. The van der Waals surface area contributed by atoms with Crippen molar-refractivity contribution in [2.24, 2.45) is 5.92 Å². The minimum Gasteiger partial charge on any atom is -0.466 e. The lowest BCUT2D eigenvalue weighted by Crippen LogP contribution is -2.44. The van der Waals surface area contributed by atoms with Crippen LogP contribution in [0, 0.1) is 5.92 Å². The van der Waals surface area contributed by atoms with E-state index in [1.54, 1.807) is 20.8 Å². The monoisotopic (exact) mass is 260 g/mol. The summed E-state index contributed by atoms with van der Waals surface area (Å²) in [5.41, 5.74) is -0.439. The van der Waals surface area contributed by atoms with Crippen LogP contribution >= 0.6 is 0 Å². The fourth-order valence-corrected chi connectivity index (χ4v) is 2.04. The highest BCUT2D eigenvalue weighted by atomic mass is 17.2. The molecule has 1 saturated heterocycles. The van der Waals surface area contributed by atoms with Crippen molar-refractivity contribution >= 4 is 5.97 Å². The van der Waals surface area contributed by atoms with E-state index in [2.05, 4.69) is 0 Å². The van der Waals surface area contributed by atoms with Crippen LogP contribution in [0.15, 0.2) is 0 Å². The zero-order valence-electron chi connectivity index (χ0n) is 12.1. The van der Waals surface area contributed by atoms with Crippen molar-refractivity contribution in [3.63, 3.8) is 0 Å². The highest BCUT2D eigenvalue weighted by molar-refractivity contribution is 5.73. The Bertz CT molecular complexity index is 302. The van der Waals surface area contributed by atoms with Crippen LogP contribution in [0.2, 0.25) is 0 Å². The van der Waals surface area contributed by atoms with Crippen LogP contribution in [0.1, 0.15) is 48.0 Å². The molecule has 1 heterocycles. The molecule has 0 bridgehead atoms. The van der Waals surface area contributed by atoms with Gasteiger partial charge in [0.15, 0.2) is 0 Å². The lowest BCUT2D eigenvalue weighted by atomic mass is 10.0. The van der Waals surface area contributed by atoms with Crippen molar-refractivity contribution in [3.05, 3.63) is 0 Å². The highest BCUT2D eigenvalue weighted by Crippen LogP contribution is 2.34. The summed E-state index contributed by atoms with van der Waals surface area (Å²) in [5.74, 6) is -2.04. The predicted octanol–water partition coefficient (Wildman–Crippen LogP) is 2.44. The minimum atomic E-state index is -1.13. The first-order valence-corrected chi connectivity index (χ1v) is 6.41. The van der Waals surface area contributed by atoms with Gasteiger partial charge < -0.3 is 9.47 Å². The molecule has 1 fully saturated rings. The Hall–Kier alpha value is -0.650. The van der Waals surface area contributed by atoms with Crippen LogP contribution in [0.3, 0.4) is 0 Å². The van der Waals surface area contributed by atoms with Crippen LogP contribution in [0.5, 0.6) is 0 Å². The summed E-state index contributed by atoms with van der Waals surface area (Å²) in [4.78, 5) is 22.6. The van der Waals surface area contributed by atoms with Gasteiger partial charge in [-0.25, -0.2) is 4.89 Å². The van der Waals surface area contributed by atoms with Gasteiger partial charge in [0, 0.05) is 6.42 Å². The molecular weight excluding hydrogens is 236 g/mol. The number of ether oxygens (including phenoxy) is 2.